The van der Waals surface area contributed by atoms with E-state index >= 15 is 0 Å². The van der Waals surface area contributed by atoms with Crippen LogP contribution < -0.4 is 0 Å². The molecular weight excluding hydrogens is 120 g/mol. The highest BCUT2D eigenvalue weighted by Crippen LogP contribution is 2.11. The van der Waals surface area contributed by atoms with Crippen molar-refractivity contribution >= 4 is 0 Å². The summed E-state index contributed by atoms with van der Waals surface area (Å²) < 4.78 is 0. The van der Waals surface area contributed by atoms with E-state index in [1.165, 1.54) is 5.56 Å². The third-order valence-corrected chi connectivity index (χ3v) is 1.47. The van der Waals surface area contributed by atoms with Crippen LogP contribution in [0.25, 0.3) is 0 Å². The van der Waals surface area contributed by atoms with Crippen LogP contribution in [0.3, 0.4) is 0 Å². The van der Waals surface area contributed by atoms with E-state index in [2.05, 4.69) is 38.1 Å². The van der Waals surface area contributed by atoms with Crippen molar-refractivity contribution < 1.29 is 0 Å². The van der Waals surface area contributed by atoms with Crippen molar-refractivity contribution in [2.45, 2.75) is 27.2 Å². The molecule has 0 unspecified atom stereocenters. The summed E-state index contributed by atoms with van der Waals surface area (Å²) in [6.07, 6.45) is 0. The molecule has 1 aromatic rings. The van der Waals surface area contributed by atoms with Gasteiger partial charge in [0.25, 0.3) is 0 Å². The lowest BCUT2D eigenvalue weighted by Crippen LogP contribution is -1.83. The van der Waals surface area contributed by atoms with E-state index in [-0.39, 0.29) is 7.43 Å². The molecule has 0 saturated heterocycles. The summed E-state index contributed by atoms with van der Waals surface area (Å²) in [5.41, 5.74) is 1.41. The van der Waals surface area contributed by atoms with Gasteiger partial charge in [-0.05, 0) is 11.5 Å². The first-order valence-corrected chi connectivity index (χ1v) is 3.35. The van der Waals surface area contributed by atoms with Crippen LogP contribution in [-0.2, 0) is 0 Å². The second-order valence-electron chi connectivity index (χ2n) is 2.57. The Morgan fingerprint density at radius 3 is 1.80 bits per heavy atom. The summed E-state index contributed by atoms with van der Waals surface area (Å²) in [6, 6.07) is 10.5. The van der Waals surface area contributed by atoms with Gasteiger partial charge >= 0.3 is 0 Å². The molecule has 0 bridgehead atoms. The molecular formula is C10H16. The number of benzene rings is 1. The zero-order valence-corrected chi connectivity index (χ0v) is 5.96. The van der Waals surface area contributed by atoms with Crippen molar-refractivity contribution in [3.8, 4) is 0 Å². The van der Waals surface area contributed by atoms with Crippen LogP contribution in [0, 0.1) is 0 Å². The van der Waals surface area contributed by atoms with Gasteiger partial charge in [-0.3, -0.25) is 0 Å². The minimum atomic E-state index is 0. The fraction of sp³-hybridized carbons (Fsp3) is 0.400. The molecule has 10 heavy (non-hydrogen) atoms. The molecule has 56 valence electrons. The first-order valence-electron chi connectivity index (χ1n) is 3.35. The highest BCUT2D eigenvalue weighted by Gasteiger charge is 1.93. The fourth-order valence-electron chi connectivity index (χ4n) is 0.838. The lowest BCUT2D eigenvalue weighted by atomic mass is 10.0. The number of hydrogen-bond donors (Lipinski definition) is 0. The van der Waals surface area contributed by atoms with Gasteiger partial charge in [0.1, 0.15) is 0 Å². The van der Waals surface area contributed by atoms with Crippen molar-refractivity contribution in [3.63, 3.8) is 0 Å². The molecule has 0 N–H and O–H groups in total. The maximum absolute atomic E-state index is 2.20. The van der Waals surface area contributed by atoms with E-state index in [9.17, 15) is 0 Å². The summed E-state index contributed by atoms with van der Waals surface area (Å²) in [4.78, 5) is 0. The molecule has 1 aromatic carbocycles. The highest BCUT2D eigenvalue weighted by molar-refractivity contribution is 5.17. The normalized spacial score (nSPS) is 9.10. The third-order valence-electron chi connectivity index (χ3n) is 1.47. The van der Waals surface area contributed by atoms with Crippen LogP contribution in [0.1, 0.15) is 32.8 Å². The van der Waals surface area contributed by atoms with Gasteiger partial charge in [-0.1, -0.05) is 51.6 Å². The third kappa shape index (κ3) is 2.22. The zero-order valence-electron chi connectivity index (χ0n) is 5.96. The predicted octanol–water partition coefficient (Wildman–Crippen LogP) is 3.45. The molecule has 0 saturated carbocycles. The fourth-order valence-corrected chi connectivity index (χ4v) is 0.838. The standard InChI is InChI=1S/C9H12.CH4/c1-8(2)9-6-4-3-5-7-9;/h3-8H,1-2H3;1H4. The van der Waals surface area contributed by atoms with Crippen molar-refractivity contribution in [2.24, 2.45) is 0 Å². The van der Waals surface area contributed by atoms with Crippen LogP contribution in [-0.4, -0.2) is 0 Å². The van der Waals surface area contributed by atoms with E-state index < -0.39 is 0 Å². The van der Waals surface area contributed by atoms with Gasteiger partial charge in [0, 0.05) is 0 Å². The van der Waals surface area contributed by atoms with Crippen molar-refractivity contribution in [1.29, 1.82) is 0 Å². The Bertz CT molecular complexity index is 163. The second-order valence-corrected chi connectivity index (χ2v) is 2.57. The minimum absolute atomic E-state index is 0. The number of rotatable bonds is 1. The summed E-state index contributed by atoms with van der Waals surface area (Å²) in [5.74, 6) is 0.659. The lowest BCUT2D eigenvalue weighted by molar-refractivity contribution is 0.867. The topological polar surface area (TPSA) is 0 Å². The van der Waals surface area contributed by atoms with Crippen LogP contribution in [0.4, 0.5) is 0 Å². The van der Waals surface area contributed by atoms with E-state index in [1.807, 2.05) is 6.07 Å². The average molecular weight is 136 g/mol. The quantitative estimate of drug-likeness (QED) is 0.554. The SMILES string of the molecule is C.CC(C)c1ccccc1. The average Bonchev–Trinajstić information content (AvgIpc) is 1.90. The first-order chi connectivity index (χ1) is 4.30. The van der Waals surface area contributed by atoms with Gasteiger partial charge in [0.05, 0.1) is 0 Å². The smallest absolute Gasteiger partial charge is 0.0219 e. The van der Waals surface area contributed by atoms with Gasteiger partial charge in [-0.15, -0.1) is 0 Å². The molecule has 0 aromatic heterocycles. The Morgan fingerprint density at radius 2 is 1.50 bits per heavy atom. The summed E-state index contributed by atoms with van der Waals surface area (Å²) >= 11 is 0. The van der Waals surface area contributed by atoms with Crippen LogP contribution in [0.5, 0.6) is 0 Å². The van der Waals surface area contributed by atoms with Gasteiger partial charge in [0.15, 0.2) is 0 Å². The molecule has 0 spiro atoms. The maximum atomic E-state index is 2.20. The van der Waals surface area contributed by atoms with E-state index in [4.69, 9.17) is 0 Å². The largest absolute Gasteiger partial charge is 0.0776 e. The molecule has 0 radical (unpaired) electrons. The monoisotopic (exact) mass is 136 g/mol. The molecule has 0 amide bonds. The van der Waals surface area contributed by atoms with Gasteiger partial charge in [-0.2, -0.15) is 0 Å². The molecule has 0 heteroatoms. The number of hydrogen-bond acceptors (Lipinski definition) is 0. The Labute approximate surface area is 63.9 Å². The Hall–Kier alpha value is -0.780. The molecule has 0 aliphatic rings. The van der Waals surface area contributed by atoms with Crippen molar-refractivity contribution in [3.05, 3.63) is 35.9 Å². The van der Waals surface area contributed by atoms with E-state index in [0.717, 1.165) is 0 Å². The first kappa shape index (κ1) is 9.22. The van der Waals surface area contributed by atoms with Gasteiger partial charge in [-0.25, -0.2) is 0 Å². The summed E-state index contributed by atoms with van der Waals surface area (Å²) in [6.45, 7) is 4.41. The maximum Gasteiger partial charge on any atom is -0.0219 e. The minimum Gasteiger partial charge on any atom is -0.0776 e. The Balaban J connectivity index is 0.000000810. The van der Waals surface area contributed by atoms with Crippen molar-refractivity contribution in [1.82, 2.24) is 0 Å². The summed E-state index contributed by atoms with van der Waals surface area (Å²) in [5, 5.41) is 0. The molecule has 1 rings (SSSR count). The lowest BCUT2D eigenvalue weighted by Gasteiger charge is -2.01. The molecule has 0 aliphatic heterocycles. The van der Waals surface area contributed by atoms with Gasteiger partial charge in [0.2, 0.25) is 0 Å². The van der Waals surface area contributed by atoms with Crippen LogP contribution >= 0.6 is 0 Å². The van der Waals surface area contributed by atoms with Crippen molar-refractivity contribution in [2.75, 3.05) is 0 Å². The van der Waals surface area contributed by atoms with Crippen LogP contribution in [0.2, 0.25) is 0 Å². The summed E-state index contributed by atoms with van der Waals surface area (Å²) in [7, 11) is 0. The molecule has 0 nitrogen and oxygen atoms in total. The second kappa shape index (κ2) is 4.10. The molecule has 0 aliphatic carbocycles. The molecule has 0 fully saturated rings. The van der Waals surface area contributed by atoms with E-state index in [1.54, 1.807) is 0 Å². The zero-order chi connectivity index (χ0) is 6.69. The van der Waals surface area contributed by atoms with Gasteiger partial charge < -0.3 is 0 Å². The molecule has 0 heterocycles. The van der Waals surface area contributed by atoms with E-state index in [0.29, 0.717) is 5.92 Å². The highest BCUT2D eigenvalue weighted by atomic mass is 14.0. The predicted molar refractivity (Wildman–Crippen MR) is 47.3 cm³/mol. The molecule has 0 atom stereocenters. The Morgan fingerprint density at radius 1 is 1.00 bits per heavy atom. The van der Waals surface area contributed by atoms with Crippen LogP contribution in [0.15, 0.2) is 30.3 Å². The Kier molecular flexibility index (Phi) is 3.78.